The van der Waals surface area contributed by atoms with E-state index in [2.05, 4.69) is 99.3 Å². The maximum absolute atomic E-state index is 6.22. The molecule has 0 fully saturated rings. The first-order chi connectivity index (χ1) is 9.97. The van der Waals surface area contributed by atoms with Gasteiger partial charge >= 0.3 is 0 Å². The minimum atomic E-state index is 0.0617. The van der Waals surface area contributed by atoms with Crippen molar-refractivity contribution in [3.63, 3.8) is 0 Å². The van der Waals surface area contributed by atoms with Gasteiger partial charge in [0.25, 0.3) is 0 Å². The number of likely N-dealkylation sites (N-methyl/N-ethyl adjacent to an activating group) is 1. The molecule has 0 aliphatic rings. The minimum absolute atomic E-state index is 0.0617. The molecule has 2 atom stereocenters. The van der Waals surface area contributed by atoms with Crippen molar-refractivity contribution in [2.45, 2.75) is 25.6 Å². The zero-order valence-electron chi connectivity index (χ0n) is 12.3. The lowest BCUT2D eigenvalue weighted by molar-refractivity contribution is 0.211. The molecule has 0 spiro atoms. The SMILES string of the molecule is CC(N)C(c1ccc(Br)cc1)N(C)Cc1ccc(Br)cc1. The third kappa shape index (κ3) is 4.65. The van der Waals surface area contributed by atoms with Gasteiger partial charge in [-0.15, -0.1) is 0 Å². The second-order valence-electron chi connectivity index (χ2n) is 5.40. The molecule has 2 N–H and O–H groups in total. The Morgan fingerprint density at radius 1 is 0.952 bits per heavy atom. The van der Waals surface area contributed by atoms with Gasteiger partial charge in [0.15, 0.2) is 0 Å². The molecule has 21 heavy (non-hydrogen) atoms. The van der Waals surface area contributed by atoms with Crippen molar-refractivity contribution in [3.05, 3.63) is 68.6 Å². The first kappa shape index (κ1) is 16.7. The summed E-state index contributed by atoms with van der Waals surface area (Å²) in [6.07, 6.45) is 0. The Morgan fingerprint density at radius 2 is 1.43 bits per heavy atom. The standard InChI is InChI=1S/C17H20Br2N2/c1-12(20)17(14-5-9-16(19)10-6-14)21(2)11-13-3-7-15(18)8-4-13/h3-10,12,17H,11,20H2,1-2H3. The van der Waals surface area contributed by atoms with E-state index in [1.54, 1.807) is 0 Å². The number of halogens is 2. The van der Waals surface area contributed by atoms with Gasteiger partial charge in [-0.25, -0.2) is 0 Å². The second kappa shape index (κ2) is 7.54. The Kier molecular flexibility index (Phi) is 5.99. The van der Waals surface area contributed by atoms with Crippen molar-refractivity contribution in [2.75, 3.05) is 7.05 Å². The van der Waals surface area contributed by atoms with Crippen LogP contribution in [0.5, 0.6) is 0 Å². The third-order valence-electron chi connectivity index (χ3n) is 3.53. The van der Waals surface area contributed by atoms with Crippen LogP contribution >= 0.6 is 31.9 Å². The zero-order chi connectivity index (χ0) is 15.4. The molecule has 0 saturated carbocycles. The summed E-state index contributed by atoms with van der Waals surface area (Å²) >= 11 is 6.95. The van der Waals surface area contributed by atoms with E-state index in [-0.39, 0.29) is 12.1 Å². The summed E-state index contributed by atoms with van der Waals surface area (Å²) in [5.41, 5.74) is 8.75. The molecule has 2 aromatic carbocycles. The van der Waals surface area contributed by atoms with Crippen LogP contribution in [0.2, 0.25) is 0 Å². The topological polar surface area (TPSA) is 29.3 Å². The molecular weight excluding hydrogens is 392 g/mol. The summed E-state index contributed by atoms with van der Waals surface area (Å²) in [6.45, 7) is 2.93. The second-order valence-corrected chi connectivity index (χ2v) is 7.23. The fourth-order valence-electron chi connectivity index (χ4n) is 2.60. The maximum atomic E-state index is 6.22. The van der Waals surface area contributed by atoms with Crippen LogP contribution in [0.15, 0.2) is 57.5 Å². The van der Waals surface area contributed by atoms with Crippen molar-refractivity contribution in [1.82, 2.24) is 4.90 Å². The summed E-state index contributed by atoms with van der Waals surface area (Å²) in [5.74, 6) is 0. The van der Waals surface area contributed by atoms with Crippen LogP contribution in [0.3, 0.4) is 0 Å². The molecule has 4 heteroatoms. The normalized spacial score (nSPS) is 14.2. The molecule has 0 saturated heterocycles. The fourth-order valence-corrected chi connectivity index (χ4v) is 3.12. The molecule has 112 valence electrons. The minimum Gasteiger partial charge on any atom is -0.326 e. The molecule has 0 radical (unpaired) electrons. The summed E-state index contributed by atoms with van der Waals surface area (Å²) in [4.78, 5) is 2.30. The van der Waals surface area contributed by atoms with Gasteiger partial charge in [-0.1, -0.05) is 56.1 Å². The Balaban J connectivity index is 2.17. The molecule has 2 aromatic rings. The molecule has 0 aliphatic carbocycles. The predicted octanol–water partition coefficient (Wildman–Crippen LogP) is 4.73. The first-order valence-corrected chi connectivity index (χ1v) is 8.51. The zero-order valence-corrected chi connectivity index (χ0v) is 15.4. The Hall–Kier alpha value is -0.680. The molecule has 2 rings (SSSR count). The number of nitrogens with two attached hydrogens (primary N) is 1. The molecule has 0 amide bonds. The average Bonchev–Trinajstić information content (AvgIpc) is 2.43. The van der Waals surface area contributed by atoms with Gasteiger partial charge in [-0.05, 0) is 49.4 Å². The van der Waals surface area contributed by atoms with Crippen LogP contribution in [0.1, 0.15) is 24.1 Å². The smallest absolute Gasteiger partial charge is 0.0496 e. The van der Waals surface area contributed by atoms with E-state index in [1.165, 1.54) is 11.1 Å². The highest BCUT2D eigenvalue weighted by Crippen LogP contribution is 2.25. The highest BCUT2D eigenvalue weighted by Gasteiger charge is 2.21. The van der Waals surface area contributed by atoms with Gasteiger partial charge in [0.05, 0.1) is 0 Å². The average molecular weight is 412 g/mol. The summed E-state index contributed by atoms with van der Waals surface area (Å²) < 4.78 is 2.19. The van der Waals surface area contributed by atoms with Gasteiger partial charge in [-0.3, -0.25) is 4.90 Å². The van der Waals surface area contributed by atoms with E-state index < -0.39 is 0 Å². The van der Waals surface area contributed by atoms with Gasteiger partial charge in [0.2, 0.25) is 0 Å². The first-order valence-electron chi connectivity index (χ1n) is 6.93. The van der Waals surface area contributed by atoms with Crippen LogP contribution < -0.4 is 5.73 Å². The molecule has 0 aromatic heterocycles. The molecule has 0 bridgehead atoms. The number of hydrogen-bond acceptors (Lipinski definition) is 2. The summed E-state index contributed by atoms with van der Waals surface area (Å²) in [5, 5.41) is 0. The van der Waals surface area contributed by atoms with Crippen molar-refractivity contribution < 1.29 is 0 Å². The van der Waals surface area contributed by atoms with E-state index >= 15 is 0 Å². The van der Waals surface area contributed by atoms with E-state index in [4.69, 9.17) is 5.73 Å². The van der Waals surface area contributed by atoms with Gasteiger partial charge in [0, 0.05) is 27.6 Å². The number of benzene rings is 2. The highest BCUT2D eigenvalue weighted by atomic mass is 79.9. The number of hydrogen-bond donors (Lipinski definition) is 1. The van der Waals surface area contributed by atoms with Crippen LogP contribution in [-0.2, 0) is 6.54 Å². The maximum Gasteiger partial charge on any atom is 0.0496 e. The van der Waals surface area contributed by atoms with Crippen LogP contribution in [-0.4, -0.2) is 18.0 Å². The quantitative estimate of drug-likeness (QED) is 0.770. The van der Waals surface area contributed by atoms with Gasteiger partial charge in [0.1, 0.15) is 0 Å². The lowest BCUT2D eigenvalue weighted by Crippen LogP contribution is -2.36. The fraction of sp³-hybridized carbons (Fsp3) is 0.294. The summed E-state index contributed by atoms with van der Waals surface area (Å²) in [6, 6.07) is 17.1. The van der Waals surface area contributed by atoms with E-state index in [9.17, 15) is 0 Å². The van der Waals surface area contributed by atoms with Crippen molar-refractivity contribution in [3.8, 4) is 0 Å². The molecule has 0 aliphatic heterocycles. The van der Waals surface area contributed by atoms with E-state index in [1.807, 2.05) is 0 Å². The van der Waals surface area contributed by atoms with Crippen molar-refractivity contribution >= 4 is 31.9 Å². The Bertz CT molecular complexity index is 564. The van der Waals surface area contributed by atoms with Gasteiger partial charge in [-0.2, -0.15) is 0 Å². The van der Waals surface area contributed by atoms with E-state index in [0.717, 1.165) is 15.5 Å². The van der Waals surface area contributed by atoms with Crippen LogP contribution in [0.25, 0.3) is 0 Å². The lowest BCUT2D eigenvalue weighted by atomic mass is 9.99. The summed E-state index contributed by atoms with van der Waals surface area (Å²) in [7, 11) is 2.12. The third-order valence-corrected chi connectivity index (χ3v) is 4.59. The highest BCUT2D eigenvalue weighted by molar-refractivity contribution is 9.10. The largest absolute Gasteiger partial charge is 0.326 e. The lowest BCUT2D eigenvalue weighted by Gasteiger charge is -2.31. The van der Waals surface area contributed by atoms with Crippen LogP contribution in [0.4, 0.5) is 0 Å². The monoisotopic (exact) mass is 410 g/mol. The molecule has 2 nitrogen and oxygen atoms in total. The van der Waals surface area contributed by atoms with E-state index in [0.29, 0.717) is 0 Å². The van der Waals surface area contributed by atoms with Gasteiger partial charge < -0.3 is 5.73 Å². The Labute approximate surface area is 143 Å². The molecule has 0 heterocycles. The molecule has 2 unspecified atom stereocenters. The van der Waals surface area contributed by atoms with Crippen molar-refractivity contribution in [1.29, 1.82) is 0 Å². The van der Waals surface area contributed by atoms with Crippen LogP contribution in [0, 0.1) is 0 Å². The molecular formula is C17H20Br2N2. The predicted molar refractivity (Wildman–Crippen MR) is 96.1 cm³/mol. The number of nitrogens with zero attached hydrogens (tertiary/aromatic N) is 1. The Morgan fingerprint density at radius 3 is 1.90 bits per heavy atom. The number of rotatable bonds is 5. The van der Waals surface area contributed by atoms with Crippen molar-refractivity contribution in [2.24, 2.45) is 5.73 Å².